The molecule has 1 aromatic heterocycles. The first-order valence-corrected chi connectivity index (χ1v) is 5.38. The summed E-state index contributed by atoms with van der Waals surface area (Å²) < 4.78 is 1.94. The van der Waals surface area contributed by atoms with Crippen LogP contribution in [-0.4, -0.2) is 14.8 Å². The second kappa shape index (κ2) is 3.94. The summed E-state index contributed by atoms with van der Waals surface area (Å²) in [7, 11) is 1.94. The maximum Gasteiger partial charge on any atom is 0.195 e. The summed E-state index contributed by atoms with van der Waals surface area (Å²) in [6.45, 7) is 1.92. The molecule has 15 heavy (non-hydrogen) atoms. The Morgan fingerprint density at radius 1 is 1.27 bits per heavy atom. The standard InChI is InChI=1S/C10H12N4S/c1-7-12-13-10(14(7)2)15-9-6-4-3-5-8(9)11/h3-6H,11H2,1-2H3. The van der Waals surface area contributed by atoms with E-state index in [2.05, 4.69) is 10.2 Å². The lowest BCUT2D eigenvalue weighted by Crippen LogP contribution is -1.94. The molecule has 0 aliphatic heterocycles. The van der Waals surface area contributed by atoms with Gasteiger partial charge < -0.3 is 10.3 Å². The topological polar surface area (TPSA) is 56.7 Å². The Labute approximate surface area is 92.5 Å². The van der Waals surface area contributed by atoms with Gasteiger partial charge in [-0.05, 0) is 30.8 Å². The van der Waals surface area contributed by atoms with Crippen LogP contribution in [0.25, 0.3) is 0 Å². The second-order valence-electron chi connectivity index (χ2n) is 3.23. The van der Waals surface area contributed by atoms with Gasteiger partial charge in [-0.3, -0.25) is 0 Å². The van der Waals surface area contributed by atoms with Gasteiger partial charge in [0, 0.05) is 17.6 Å². The summed E-state index contributed by atoms with van der Waals surface area (Å²) in [6, 6.07) is 7.73. The van der Waals surface area contributed by atoms with Crippen LogP contribution in [0.5, 0.6) is 0 Å². The predicted molar refractivity (Wildman–Crippen MR) is 60.7 cm³/mol. The van der Waals surface area contributed by atoms with Crippen molar-refractivity contribution < 1.29 is 0 Å². The van der Waals surface area contributed by atoms with E-state index in [-0.39, 0.29) is 0 Å². The van der Waals surface area contributed by atoms with Gasteiger partial charge in [-0.1, -0.05) is 12.1 Å². The first-order chi connectivity index (χ1) is 7.18. The fourth-order valence-corrected chi connectivity index (χ4v) is 2.03. The van der Waals surface area contributed by atoms with Gasteiger partial charge >= 0.3 is 0 Å². The van der Waals surface area contributed by atoms with Crippen LogP contribution in [0.4, 0.5) is 5.69 Å². The number of hydrogen-bond acceptors (Lipinski definition) is 4. The fourth-order valence-electron chi connectivity index (χ4n) is 1.15. The van der Waals surface area contributed by atoms with Crippen molar-refractivity contribution in [2.45, 2.75) is 17.0 Å². The lowest BCUT2D eigenvalue weighted by atomic mass is 10.3. The van der Waals surface area contributed by atoms with Crippen molar-refractivity contribution >= 4 is 17.4 Å². The van der Waals surface area contributed by atoms with E-state index in [1.807, 2.05) is 42.8 Å². The Balaban J connectivity index is 2.30. The number of rotatable bonds is 2. The molecule has 0 radical (unpaired) electrons. The highest BCUT2D eigenvalue weighted by atomic mass is 32.2. The molecule has 5 heteroatoms. The van der Waals surface area contributed by atoms with Crippen LogP contribution in [-0.2, 0) is 7.05 Å². The third-order valence-corrected chi connectivity index (χ3v) is 3.30. The van der Waals surface area contributed by atoms with Crippen molar-refractivity contribution in [3.8, 4) is 0 Å². The molecule has 0 spiro atoms. The molecule has 0 fully saturated rings. The molecule has 4 nitrogen and oxygen atoms in total. The van der Waals surface area contributed by atoms with Crippen LogP contribution in [0, 0.1) is 6.92 Å². The highest BCUT2D eigenvalue weighted by Gasteiger charge is 2.08. The second-order valence-corrected chi connectivity index (χ2v) is 4.24. The van der Waals surface area contributed by atoms with Crippen molar-refractivity contribution in [1.82, 2.24) is 14.8 Å². The van der Waals surface area contributed by atoms with Crippen LogP contribution in [0.1, 0.15) is 5.82 Å². The summed E-state index contributed by atoms with van der Waals surface area (Å²) in [5.41, 5.74) is 6.61. The lowest BCUT2D eigenvalue weighted by Gasteiger charge is -2.03. The fraction of sp³-hybridized carbons (Fsp3) is 0.200. The number of aromatic nitrogens is 3. The zero-order valence-electron chi connectivity index (χ0n) is 8.64. The predicted octanol–water partition coefficient (Wildman–Crippen LogP) is 1.86. The molecule has 2 N–H and O–H groups in total. The molecular weight excluding hydrogens is 208 g/mol. The molecule has 0 atom stereocenters. The highest BCUT2D eigenvalue weighted by molar-refractivity contribution is 7.99. The van der Waals surface area contributed by atoms with Gasteiger partial charge in [-0.2, -0.15) is 0 Å². The minimum absolute atomic E-state index is 0.767. The maximum absolute atomic E-state index is 5.85. The van der Waals surface area contributed by atoms with E-state index in [0.717, 1.165) is 21.6 Å². The quantitative estimate of drug-likeness (QED) is 0.785. The highest BCUT2D eigenvalue weighted by Crippen LogP contribution is 2.30. The molecule has 1 aromatic carbocycles. The number of anilines is 1. The van der Waals surface area contributed by atoms with Crippen molar-refractivity contribution in [3.05, 3.63) is 30.1 Å². The zero-order chi connectivity index (χ0) is 10.8. The molecule has 0 aliphatic carbocycles. The molecule has 0 amide bonds. The molecule has 78 valence electrons. The Morgan fingerprint density at radius 2 is 2.00 bits per heavy atom. The number of nitrogen functional groups attached to an aromatic ring is 1. The monoisotopic (exact) mass is 220 g/mol. The number of nitrogens with two attached hydrogens (primary N) is 1. The summed E-state index contributed by atoms with van der Waals surface area (Å²) in [5, 5.41) is 8.92. The van der Waals surface area contributed by atoms with E-state index in [0.29, 0.717) is 0 Å². The summed E-state index contributed by atoms with van der Waals surface area (Å²) in [4.78, 5) is 1.01. The molecular formula is C10H12N4S. The van der Waals surface area contributed by atoms with E-state index in [1.54, 1.807) is 0 Å². The van der Waals surface area contributed by atoms with E-state index in [1.165, 1.54) is 11.8 Å². The first-order valence-electron chi connectivity index (χ1n) is 4.57. The van der Waals surface area contributed by atoms with Gasteiger partial charge in [0.15, 0.2) is 5.16 Å². The molecule has 2 rings (SSSR count). The summed E-state index contributed by atoms with van der Waals surface area (Å²) in [5.74, 6) is 0.895. The summed E-state index contributed by atoms with van der Waals surface area (Å²) in [6.07, 6.45) is 0. The molecule has 1 heterocycles. The Morgan fingerprint density at radius 3 is 2.60 bits per heavy atom. The van der Waals surface area contributed by atoms with Gasteiger partial charge in [0.05, 0.1) is 0 Å². The number of hydrogen-bond donors (Lipinski definition) is 1. The SMILES string of the molecule is Cc1nnc(Sc2ccccc2N)n1C. The number of benzene rings is 1. The van der Waals surface area contributed by atoms with Crippen LogP contribution < -0.4 is 5.73 Å². The van der Waals surface area contributed by atoms with Crippen molar-refractivity contribution in [3.63, 3.8) is 0 Å². The smallest absolute Gasteiger partial charge is 0.195 e. The molecule has 0 aliphatic rings. The van der Waals surface area contributed by atoms with Crippen molar-refractivity contribution in [1.29, 1.82) is 0 Å². The molecule has 0 bridgehead atoms. The van der Waals surface area contributed by atoms with E-state index in [9.17, 15) is 0 Å². The van der Waals surface area contributed by atoms with Gasteiger partial charge in [0.2, 0.25) is 0 Å². The van der Waals surface area contributed by atoms with Gasteiger partial charge in [-0.25, -0.2) is 0 Å². The number of para-hydroxylation sites is 1. The zero-order valence-corrected chi connectivity index (χ0v) is 9.45. The van der Waals surface area contributed by atoms with Gasteiger partial charge in [-0.15, -0.1) is 10.2 Å². The minimum Gasteiger partial charge on any atom is -0.398 e. The van der Waals surface area contributed by atoms with Crippen LogP contribution in [0.3, 0.4) is 0 Å². The van der Waals surface area contributed by atoms with E-state index in [4.69, 9.17) is 5.73 Å². The van der Waals surface area contributed by atoms with Crippen LogP contribution in [0.2, 0.25) is 0 Å². The average molecular weight is 220 g/mol. The molecule has 0 saturated heterocycles. The normalized spacial score (nSPS) is 10.5. The van der Waals surface area contributed by atoms with Crippen molar-refractivity contribution in [2.24, 2.45) is 7.05 Å². The van der Waals surface area contributed by atoms with Crippen molar-refractivity contribution in [2.75, 3.05) is 5.73 Å². The first kappa shape index (κ1) is 10.0. The minimum atomic E-state index is 0.767. The van der Waals surface area contributed by atoms with Crippen LogP contribution in [0.15, 0.2) is 34.3 Å². The number of nitrogens with zero attached hydrogens (tertiary/aromatic N) is 3. The lowest BCUT2D eigenvalue weighted by molar-refractivity contribution is 0.766. The Hall–Kier alpha value is -1.49. The average Bonchev–Trinajstić information content (AvgIpc) is 2.53. The third-order valence-electron chi connectivity index (χ3n) is 2.17. The summed E-state index contributed by atoms with van der Waals surface area (Å²) >= 11 is 1.53. The Kier molecular flexibility index (Phi) is 2.64. The van der Waals surface area contributed by atoms with Gasteiger partial charge in [0.1, 0.15) is 5.82 Å². The van der Waals surface area contributed by atoms with Crippen LogP contribution >= 0.6 is 11.8 Å². The van der Waals surface area contributed by atoms with E-state index >= 15 is 0 Å². The molecule has 2 aromatic rings. The van der Waals surface area contributed by atoms with E-state index < -0.39 is 0 Å². The largest absolute Gasteiger partial charge is 0.398 e. The third kappa shape index (κ3) is 1.97. The molecule has 0 unspecified atom stereocenters. The Bertz CT molecular complexity index is 478. The maximum atomic E-state index is 5.85. The number of aryl methyl sites for hydroxylation is 1. The molecule has 0 saturated carbocycles. The van der Waals surface area contributed by atoms with Gasteiger partial charge in [0.25, 0.3) is 0 Å².